The van der Waals surface area contributed by atoms with E-state index in [0.29, 0.717) is 0 Å². The van der Waals surface area contributed by atoms with E-state index >= 15 is 0 Å². The van der Waals surface area contributed by atoms with E-state index in [-0.39, 0.29) is 0 Å². The molecule has 1 aromatic heterocycles. The molecule has 0 aliphatic heterocycles. The van der Waals surface area contributed by atoms with Crippen molar-refractivity contribution in [3.05, 3.63) is 170 Å². The molecule has 1 heteroatoms. The van der Waals surface area contributed by atoms with Gasteiger partial charge in [-0.15, -0.1) is 0 Å². The van der Waals surface area contributed by atoms with Crippen LogP contribution in [0.2, 0.25) is 0 Å². The fraction of sp³-hybridized carbons (Fsp3) is 0. The maximum atomic E-state index is 6.35. The third-order valence-corrected chi connectivity index (χ3v) is 9.83. The predicted octanol–water partition coefficient (Wildman–Crippen LogP) is 13.2. The summed E-state index contributed by atoms with van der Waals surface area (Å²) in [5.41, 5.74) is 9.20. The second kappa shape index (κ2) is 10.2. The normalized spacial score (nSPS) is 11.8. The lowest BCUT2D eigenvalue weighted by Crippen LogP contribution is -1.92. The third kappa shape index (κ3) is 4.03. The summed E-state index contributed by atoms with van der Waals surface area (Å²) in [6.45, 7) is 0. The van der Waals surface area contributed by atoms with E-state index in [1.165, 1.54) is 70.9 Å². The van der Waals surface area contributed by atoms with Gasteiger partial charge in [-0.1, -0.05) is 140 Å². The van der Waals surface area contributed by atoms with Crippen LogP contribution in [0.25, 0.3) is 98.4 Å². The molecule has 218 valence electrons. The Balaban J connectivity index is 1.24. The molecule has 0 N–H and O–H groups in total. The Hall–Kier alpha value is -6.18. The molecule has 0 bridgehead atoms. The topological polar surface area (TPSA) is 13.1 Å². The second-order valence-electron chi connectivity index (χ2n) is 12.5. The summed E-state index contributed by atoms with van der Waals surface area (Å²) in [5, 5.41) is 12.3. The number of hydrogen-bond acceptors (Lipinski definition) is 1. The largest absolute Gasteiger partial charge is 0.456 e. The lowest BCUT2D eigenvalue weighted by molar-refractivity contribution is 0.669. The first-order valence-corrected chi connectivity index (χ1v) is 16.2. The Bertz CT molecular complexity index is 2800. The smallest absolute Gasteiger partial charge is 0.136 e. The Kier molecular flexibility index (Phi) is 5.64. The fourth-order valence-electron chi connectivity index (χ4n) is 7.65. The Morgan fingerprint density at radius 3 is 1.60 bits per heavy atom. The van der Waals surface area contributed by atoms with Gasteiger partial charge >= 0.3 is 0 Å². The van der Waals surface area contributed by atoms with Crippen molar-refractivity contribution in [2.45, 2.75) is 0 Å². The summed E-state index contributed by atoms with van der Waals surface area (Å²) < 4.78 is 6.35. The van der Waals surface area contributed by atoms with Gasteiger partial charge in [0.05, 0.1) is 0 Å². The molecule has 0 atom stereocenters. The highest BCUT2D eigenvalue weighted by Crippen LogP contribution is 2.46. The molecule has 1 heterocycles. The van der Waals surface area contributed by atoms with Crippen molar-refractivity contribution in [1.82, 2.24) is 0 Å². The predicted molar refractivity (Wildman–Crippen MR) is 200 cm³/mol. The summed E-state index contributed by atoms with van der Waals surface area (Å²) in [4.78, 5) is 0. The van der Waals surface area contributed by atoms with E-state index in [1.54, 1.807) is 0 Å². The van der Waals surface area contributed by atoms with Crippen LogP contribution in [0.5, 0.6) is 0 Å². The van der Waals surface area contributed by atoms with Crippen LogP contribution in [0, 0.1) is 0 Å². The van der Waals surface area contributed by atoms with E-state index in [1.807, 2.05) is 12.1 Å². The van der Waals surface area contributed by atoms with Gasteiger partial charge in [0.15, 0.2) is 0 Å². The SMILES string of the molecule is c1ccc2cc(-c3ccc4cccc(-c5c6ccccc6c(-c6ccc7c(c6)oc6ccccc67)c6ccccc56)c4c3)ccc2c1. The first-order chi connectivity index (χ1) is 23.3. The van der Waals surface area contributed by atoms with Crippen molar-refractivity contribution < 1.29 is 4.42 Å². The van der Waals surface area contributed by atoms with Crippen LogP contribution in [0.3, 0.4) is 0 Å². The molecule has 47 heavy (non-hydrogen) atoms. The molecule has 10 aromatic rings. The molecule has 0 radical (unpaired) electrons. The number of rotatable bonds is 3. The van der Waals surface area contributed by atoms with Gasteiger partial charge in [0.1, 0.15) is 11.2 Å². The summed E-state index contributed by atoms with van der Waals surface area (Å²) in [6.07, 6.45) is 0. The summed E-state index contributed by atoms with van der Waals surface area (Å²) in [6, 6.07) is 61.7. The molecule has 0 aliphatic rings. The van der Waals surface area contributed by atoms with Gasteiger partial charge in [-0.3, -0.25) is 0 Å². The Morgan fingerprint density at radius 1 is 0.277 bits per heavy atom. The number of fused-ring (bicyclic) bond motifs is 7. The Morgan fingerprint density at radius 2 is 0.830 bits per heavy atom. The van der Waals surface area contributed by atoms with Crippen molar-refractivity contribution in [3.63, 3.8) is 0 Å². The lowest BCUT2D eigenvalue weighted by Gasteiger charge is -2.19. The number of hydrogen-bond donors (Lipinski definition) is 0. The standard InChI is InChI=1S/C46H28O/c1-2-11-31-26-32(22-20-29(31)10-1)33-23-21-30-12-9-18-41(42(30)27-33)46-39-16-5-3-14-37(39)45(38-15-4-6-17-40(38)46)34-24-25-36-35-13-7-8-19-43(35)47-44(36)28-34/h1-28H. The van der Waals surface area contributed by atoms with Crippen LogP contribution in [0.1, 0.15) is 0 Å². The molecule has 0 aliphatic carbocycles. The molecule has 0 saturated carbocycles. The lowest BCUT2D eigenvalue weighted by atomic mass is 9.84. The van der Waals surface area contributed by atoms with Gasteiger partial charge in [0.2, 0.25) is 0 Å². The Labute approximate surface area is 271 Å². The minimum absolute atomic E-state index is 0.913. The van der Waals surface area contributed by atoms with Gasteiger partial charge in [0.25, 0.3) is 0 Å². The summed E-state index contributed by atoms with van der Waals surface area (Å²) in [5.74, 6) is 0. The first-order valence-electron chi connectivity index (χ1n) is 16.2. The monoisotopic (exact) mass is 596 g/mol. The highest BCUT2D eigenvalue weighted by atomic mass is 16.3. The van der Waals surface area contributed by atoms with E-state index in [2.05, 4.69) is 158 Å². The second-order valence-corrected chi connectivity index (χ2v) is 12.5. The number of para-hydroxylation sites is 1. The quantitative estimate of drug-likeness (QED) is 0.185. The molecule has 10 rings (SSSR count). The molecule has 0 fully saturated rings. The van der Waals surface area contributed by atoms with Gasteiger partial charge < -0.3 is 4.42 Å². The maximum Gasteiger partial charge on any atom is 0.136 e. The van der Waals surface area contributed by atoms with E-state index in [9.17, 15) is 0 Å². The molecule has 1 nitrogen and oxygen atoms in total. The van der Waals surface area contributed by atoms with Crippen LogP contribution >= 0.6 is 0 Å². The first kappa shape index (κ1) is 26.1. The molecular weight excluding hydrogens is 569 g/mol. The van der Waals surface area contributed by atoms with Gasteiger partial charge in [-0.05, 0) is 107 Å². The maximum absolute atomic E-state index is 6.35. The molecule has 0 amide bonds. The average molecular weight is 597 g/mol. The zero-order chi connectivity index (χ0) is 30.9. The van der Waals surface area contributed by atoms with Gasteiger partial charge in [0, 0.05) is 10.8 Å². The van der Waals surface area contributed by atoms with Crippen molar-refractivity contribution in [2.24, 2.45) is 0 Å². The van der Waals surface area contributed by atoms with Gasteiger partial charge in [-0.25, -0.2) is 0 Å². The van der Waals surface area contributed by atoms with Crippen LogP contribution in [-0.4, -0.2) is 0 Å². The zero-order valence-electron chi connectivity index (χ0n) is 25.6. The molecule has 0 spiro atoms. The van der Waals surface area contributed by atoms with Crippen molar-refractivity contribution in [1.29, 1.82) is 0 Å². The zero-order valence-corrected chi connectivity index (χ0v) is 25.6. The van der Waals surface area contributed by atoms with Crippen LogP contribution in [0.4, 0.5) is 0 Å². The van der Waals surface area contributed by atoms with E-state index in [0.717, 1.165) is 27.5 Å². The number of benzene rings is 9. The number of furan rings is 1. The van der Waals surface area contributed by atoms with Crippen LogP contribution in [0.15, 0.2) is 174 Å². The highest BCUT2D eigenvalue weighted by molar-refractivity contribution is 6.24. The highest BCUT2D eigenvalue weighted by Gasteiger charge is 2.19. The van der Waals surface area contributed by atoms with Crippen molar-refractivity contribution in [2.75, 3.05) is 0 Å². The summed E-state index contributed by atoms with van der Waals surface area (Å²) in [7, 11) is 0. The minimum Gasteiger partial charge on any atom is -0.456 e. The minimum atomic E-state index is 0.913. The molecular formula is C46H28O. The molecule has 0 saturated heterocycles. The van der Waals surface area contributed by atoms with Crippen LogP contribution in [-0.2, 0) is 0 Å². The van der Waals surface area contributed by atoms with Crippen molar-refractivity contribution in [3.8, 4) is 33.4 Å². The fourth-order valence-corrected chi connectivity index (χ4v) is 7.65. The molecule has 0 unspecified atom stereocenters. The van der Waals surface area contributed by atoms with Crippen LogP contribution < -0.4 is 0 Å². The summed E-state index contributed by atoms with van der Waals surface area (Å²) >= 11 is 0. The molecule has 9 aromatic carbocycles. The van der Waals surface area contributed by atoms with E-state index < -0.39 is 0 Å². The third-order valence-electron chi connectivity index (χ3n) is 9.83. The van der Waals surface area contributed by atoms with Gasteiger partial charge in [-0.2, -0.15) is 0 Å². The average Bonchev–Trinajstić information content (AvgIpc) is 3.51. The van der Waals surface area contributed by atoms with Crippen molar-refractivity contribution >= 4 is 65.0 Å². The van der Waals surface area contributed by atoms with E-state index in [4.69, 9.17) is 4.42 Å².